The van der Waals surface area contributed by atoms with E-state index in [1.807, 2.05) is 13.0 Å². The largest absolute Gasteiger partial charge is 0.347 e. The van der Waals surface area contributed by atoms with Gasteiger partial charge < -0.3 is 16.0 Å². The zero-order valence-electron chi connectivity index (χ0n) is 11.2. The molecule has 7 heteroatoms. The third-order valence-electron chi connectivity index (χ3n) is 3.06. The van der Waals surface area contributed by atoms with Gasteiger partial charge in [0.15, 0.2) is 0 Å². The lowest BCUT2D eigenvalue weighted by Gasteiger charge is -2.27. The molecule has 0 fully saturated rings. The molecule has 0 aromatic carbocycles. The molecular weight excluding hydrogens is 298 g/mol. The van der Waals surface area contributed by atoms with Gasteiger partial charge in [0, 0.05) is 10.6 Å². The van der Waals surface area contributed by atoms with Gasteiger partial charge in [0.2, 0.25) is 0 Å². The van der Waals surface area contributed by atoms with Gasteiger partial charge in [0.25, 0.3) is 5.91 Å². The predicted octanol–water partition coefficient (Wildman–Crippen LogP) is 2.38. The molecule has 3 amide bonds. The number of halogens is 1. The molecule has 2 heterocycles. The minimum atomic E-state index is -0.268. The topological polar surface area (TPSA) is 70.2 Å². The Bertz CT molecular complexity index is 568. The minimum Gasteiger partial charge on any atom is -0.347 e. The van der Waals surface area contributed by atoms with Crippen LogP contribution in [0, 0.1) is 0 Å². The molecular formula is C13H16ClN3O2S. The Kier molecular flexibility index (Phi) is 4.67. The Morgan fingerprint density at radius 2 is 2.25 bits per heavy atom. The van der Waals surface area contributed by atoms with Crippen molar-refractivity contribution < 1.29 is 9.59 Å². The molecule has 1 aliphatic heterocycles. The van der Waals surface area contributed by atoms with Crippen LogP contribution >= 0.6 is 22.9 Å². The number of rotatable bonds is 4. The first-order chi connectivity index (χ1) is 9.51. The van der Waals surface area contributed by atoms with Crippen LogP contribution < -0.4 is 16.0 Å². The maximum atomic E-state index is 12.3. The van der Waals surface area contributed by atoms with Gasteiger partial charge in [0.1, 0.15) is 0 Å². The van der Waals surface area contributed by atoms with E-state index in [1.54, 1.807) is 13.0 Å². The third-order valence-corrected chi connectivity index (χ3v) is 4.29. The fraction of sp³-hybridized carbons (Fsp3) is 0.385. The molecule has 1 aromatic heterocycles. The smallest absolute Gasteiger partial charge is 0.319 e. The lowest BCUT2D eigenvalue weighted by atomic mass is 10.00. The van der Waals surface area contributed by atoms with E-state index in [-0.39, 0.29) is 18.0 Å². The number of allylic oxidation sites excluding steroid dienone is 1. The first-order valence-corrected chi connectivity index (χ1v) is 7.51. The maximum absolute atomic E-state index is 12.3. The van der Waals surface area contributed by atoms with Crippen LogP contribution in [-0.2, 0) is 11.3 Å². The SMILES string of the molecule is CC[C@@H]1NC(=O)NC(C)=C1C(=O)NCc1ccc(Cl)s1. The van der Waals surface area contributed by atoms with Gasteiger partial charge in [-0.3, -0.25) is 4.79 Å². The quantitative estimate of drug-likeness (QED) is 0.798. The van der Waals surface area contributed by atoms with Gasteiger partial charge in [-0.05, 0) is 25.5 Å². The lowest BCUT2D eigenvalue weighted by Crippen LogP contribution is -2.51. The summed E-state index contributed by atoms with van der Waals surface area (Å²) in [6.45, 7) is 4.09. The van der Waals surface area contributed by atoms with Gasteiger partial charge in [-0.1, -0.05) is 18.5 Å². The molecule has 0 spiro atoms. The summed E-state index contributed by atoms with van der Waals surface area (Å²) in [5, 5.41) is 8.22. The number of hydrogen-bond donors (Lipinski definition) is 3. The number of amides is 3. The average molecular weight is 314 g/mol. The highest BCUT2D eigenvalue weighted by atomic mass is 35.5. The monoisotopic (exact) mass is 313 g/mol. The highest BCUT2D eigenvalue weighted by molar-refractivity contribution is 7.16. The summed E-state index contributed by atoms with van der Waals surface area (Å²) in [6.07, 6.45) is 0.665. The maximum Gasteiger partial charge on any atom is 0.319 e. The summed E-state index contributed by atoms with van der Waals surface area (Å²) < 4.78 is 0.697. The summed E-state index contributed by atoms with van der Waals surface area (Å²) in [4.78, 5) is 24.7. The number of carbonyl (C=O) groups is 2. The summed E-state index contributed by atoms with van der Waals surface area (Å²) in [5.74, 6) is -0.175. The first kappa shape index (κ1) is 14.9. The Balaban J connectivity index is 2.06. The van der Waals surface area contributed by atoms with Crippen molar-refractivity contribution in [3.63, 3.8) is 0 Å². The Hall–Kier alpha value is -1.53. The van der Waals surface area contributed by atoms with Crippen LogP contribution in [0.15, 0.2) is 23.4 Å². The zero-order chi connectivity index (χ0) is 14.7. The van der Waals surface area contributed by atoms with E-state index in [0.29, 0.717) is 28.6 Å². The van der Waals surface area contributed by atoms with Crippen molar-refractivity contribution in [2.45, 2.75) is 32.9 Å². The molecule has 0 aliphatic carbocycles. The second-order valence-corrected chi connectivity index (χ2v) is 6.29. The van der Waals surface area contributed by atoms with Crippen LogP contribution in [0.4, 0.5) is 4.79 Å². The molecule has 1 aromatic rings. The molecule has 0 bridgehead atoms. The number of urea groups is 1. The highest BCUT2D eigenvalue weighted by Gasteiger charge is 2.28. The normalized spacial score (nSPS) is 18.6. The van der Waals surface area contributed by atoms with Crippen LogP contribution in [0.2, 0.25) is 4.34 Å². The Labute approximate surface area is 126 Å². The molecule has 1 aliphatic rings. The molecule has 0 saturated carbocycles. The van der Waals surface area contributed by atoms with E-state index in [0.717, 1.165) is 4.88 Å². The van der Waals surface area contributed by atoms with Crippen LogP contribution in [0.25, 0.3) is 0 Å². The first-order valence-electron chi connectivity index (χ1n) is 6.32. The van der Waals surface area contributed by atoms with Crippen molar-refractivity contribution in [2.24, 2.45) is 0 Å². The molecule has 2 rings (SSSR count). The molecule has 0 radical (unpaired) electrons. The van der Waals surface area contributed by atoms with E-state index in [1.165, 1.54) is 11.3 Å². The predicted molar refractivity (Wildman–Crippen MR) is 79.6 cm³/mol. The van der Waals surface area contributed by atoms with Crippen LogP contribution in [-0.4, -0.2) is 18.0 Å². The van der Waals surface area contributed by atoms with Crippen molar-refractivity contribution in [3.8, 4) is 0 Å². The molecule has 5 nitrogen and oxygen atoms in total. The van der Waals surface area contributed by atoms with Crippen molar-refractivity contribution in [3.05, 3.63) is 32.6 Å². The van der Waals surface area contributed by atoms with E-state index in [9.17, 15) is 9.59 Å². The van der Waals surface area contributed by atoms with Crippen LogP contribution in [0.1, 0.15) is 25.1 Å². The summed E-state index contributed by atoms with van der Waals surface area (Å²) >= 11 is 7.28. The van der Waals surface area contributed by atoms with E-state index < -0.39 is 0 Å². The fourth-order valence-electron chi connectivity index (χ4n) is 2.11. The number of hydrogen-bond acceptors (Lipinski definition) is 3. The number of nitrogens with one attached hydrogen (secondary N) is 3. The average Bonchev–Trinajstić information content (AvgIpc) is 2.80. The van der Waals surface area contributed by atoms with Crippen molar-refractivity contribution >= 4 is 34.9 Å². The van der Waals surface area contributed by atoms with Gasteiger partial charge in [-0.2, -0.15) is 0 Å². The Morgan fingerprint density at radius 3 is 2.85 bits per heavy atom. The van der Waals surface area contributed by atoms with Crippen LogP contribution in [0.5, 0.6) is 0 Å². The van der Waals surface area contributed by atoms with E-state index in [2.05, 4.69) is 16.0 Å². The lowest BCUT2D eigenvalue weighted by molar-refractivity contribution is -0.118. The second kappa shape index (κ2) is 6.28. The molecule has 108 valence electrons. The molecule has 20 heavy (non-hydrogen) atoms. The summed E-state index contributed by atoms with van der Waals surface area (Å²) in [5.41, 5.74) is 1.18. The number of carbonyl (C=O) groups excluding carboxylic acids is 2. The van der Waals surface area contributed by atoms with Crippen LogP contribution in [0.3, 0.4) is 0 Å². The Morgan fingerprint density at radius 1 is 1.50 bits per heavy atom. The standard InChI is InChI=1S/C13H16ClN3O2S/c1-3-9-11(7(2)16-13(19)17-9)12(18)15-6-8-4-5-10(14)20-8/h4-5,9H,3,6H2,1-2H3,(H,15,18)(H2,16,17,19)/t9-/m0/s1. The van der Waals surface area contributed by atoms with Gasteiger partial charge >= 0.3 is 6.03 Å². The summed E-state index contributed by atoms with van der Waals surface area (Å²) in [7, 11) is 0. The van der Waals surface area contributed by atoms with Crippen molar-refractivity contribution in [2.75, 3.05) is 0 Å². The number of thiophene rings is 1. The molecule has 0 saturated heterocycles. The van der Waals surface area contributed by atoms with Gasteiger partial charge in [0.05, 0.1) is 22.5 Å². The van der Waals surface area contributed by atoms with Crippen molar-refractivity contribution in [1.82, 2.24) is 16.0 Å². The second-order valence-electron chi connectivity index (χ2n) is 4.49. The van der Waals surface area contributed by atoms with Gasteiger partial charge in [-0.25, -0.2) is 4.79 Å². The summed E-state index contributed by atoms with van der Waals surface area (Å²) in [6, 6.07) is 3.16. The third kappa shape index (κ3) is 3.32. The van der Waals surface area contributed by atoms with E-state index >= 15 is 0 Å². The highest BCUT2D eigenvalue weighted by Crippen LogP contribution is 2.21. The molecule has 1 atom stereocenters. The van der Waals surface area contributed by atoms with E-state index in [4.69, 9.17) is 11.6 Å². The zero-order valence-corrected chi connectivity index (χ0v) is 12.8. The fourth-order valence-corrected chi connectivity index (χ4v) is 3.14. The van der Waals surface area contributed by atoms with Gasteiger partial charge in [-0.15, -0.1) is 11.3 Å². The van der Waals surface area contributed by atoms with Crippen molar-refractivity contribution in [1.29, 1.82) is 0 Å². The molecule has 3 N–H and O–H groups in total. The molecule has 0 unspecified atom stereocenters. The minimum absolute atomic E-state index is 0.175.